The smallest absolute Gasteiger partial charge is 0.416 e. The molecule has 0 saturated carbocycles. The second kappa shape index (κ2) is 7.51. The van der Waals surface area contributed by atoms with Gasteiger partial charge in [0.25, 0.3) is 5.91 Å². The highest BCUT2D eigenvalue weighted by molar-refractivity contribution is 5.92. The molecule has 1 aliphatic heterocycles. The van der Waals surface area contributed by atoms with Crippen LogP contribution in [0.2, 0.25) is 0 Å². The minimum atomic E-state index is -4.34. The Morgan fingerprint density at radius 1 is 1.35 bits per heavy atom. The van der Waals surface area contributed by atoms with Gasteiger partial charge < -0.3 is 9.32 Å². The third-order valence-corrected chi connectivity index (χ3v) is 4.89. The first-order valence-electron chi connectivity index (χ1n) is 8.70. The number of likely N-dealkylation sites (tertiary alicyclic amines) is 1. The Kier molecular flexibility index (Phi) is 5.34. The number of piperidine rings is 1. The molecule has 0 bridgehead atoms. The summed E-state index contributed by atoms with van der Waals surface area (Å²) in [5, 5.41) is 0. The van der Waals surface area contributed by atoms with Crippen LogP contribution in [0.25, 0.3) is 0 Å². The van der Waals surface area contributed by atoms with E-state index in [1.807, 2.05) is 0 Å². The number of halogens is 3. The predicted octanol–water partition coefficient (Wildman–Crippen LogP) is 4.49. The van der Waals surface area contributed by atoms with Crippen LogP contribution in [-0.2, 0) is 12.6 Å². The number of carbonyl (C=O) groups is 1. The van der Waals surface area contributed by atoms with Crippen LogP contribution in [0.3, 0.4) is 0 Å². The topological polar surface area (TPSA) is 46.3 Å². The van der Waals surface area contributed by atoms with E-state index in [0.717, 1.165) is 18.9 Å². The standard InChI is InChI=1S/C19H21F3N2O2/c1-13-17(26-12-23-13)18(25)24-10-4-5-14(11-24)8-9-15-6-2-3-7-16(15)19(20,21)22/h2-3,6-7,12,14H,4-5,8-11H2,1H3/t14-/m1/s1. The fourth-order valence-corrected chi connectivity index (χ4v) is 3.51. The molecule has 7 heteroatoms. The number of benzene rings is 1. The molecule has 4 nitrogen and oxygen atoms in total. The van der Waals surface area contributed by atoms with E-state index in [2.05, 4.69) is 4.98 Å². The summed E-state index contributed by atoms with van der Waals surface area (Å²) < 4.78 is 44.5. The number of alkyl halides is 3. The van der Waals surface area contributed by atoms with Crippen molar-refractivity contribution in [1.82, 2.24) is 9.88 Å². The highest BCUT2D eigenvalue weighted by atomic mass is 19.4. The molecular formula is C19H21F3N2O2. The maximum atomic E-state index is 13.1. The monoisotopic (exact) mass is 366 g/mol. The van der Waals surface area contributed by atoms with Crippen molar-refractivity contribution in [3.8, 4) is 0 Å². The lowest BCUT2D eigenvalue weighted by molar-refractivity contribution is -0.138. The third kappa shape index (κ3) is 4.08. The Labute approximate surface area is 150 Å². The van der Waals surface area contributed by atoms with Crippen LogP contribution in [0.15, 0.2) is 35.1 Å². The van der Waals surface area contributed by atoms with Gasteiger partial charge in [-0.3, -0.25) is 4.79 Å². The number of aryl methyl sites for hydroxylation is 2. The molecule has 26 heavy (non-hydrogen) atoms. The second-order valence-corrected chi connectivity index (χ2v) is 6.72. The summed E-state index contributed by atoms with van der Waals surface area (Å²) in [5.74, 6) is 0.227. The molecule has 1 atom stereocenters. The summed E-state index contributed by atoms with van der Waals surface area (Å²) in [5.41, 5.74) is 0.298. The summed E-state index contributed by atoms with van der Waals surface area (Å²) in [6.45, 7) is 2.88. The molecule has 0 spiro atoms. The molecule has 1 aromatic heterocycles. The fourth-order valence-electron chi connectivity index (χ4n) is 3.51. The van der Waals surface area contributed by atoms with Gasteiger partial charge >= 0.3 is 6.18 Å². The number of amides is 1. The maximum absolute atomic E-state index is 13.1. The SMILES string of the molecule is Cc1ncoc1C(=O)N1CCC[C@H](CCc2ccccc2C(F)(F)F)C1. The largest absolute Gasteiger partial charge is 0.438 e. The van der Waals surface area contributed by atoms with Crippen molar-refractivity contribution in [2.75, 3.05) is 13.1 Å². The van der Waals surface area contributed by atoms with Crippen molar-refractivity contribution in [3.63, 3.8) is 0 Å². The van der Waals surface area contributed by atoms with Crippen molar-refractivity contribution in [2.45, 2.75) is 38.8 Å². The minimum absolute atomic E-state index is 0.178. The van der Waals surface area contributed by atoms with Crippen LogP contribution >= 0.6 is 0 Å². The Morgan fingerprint density at radius 3 is 2.81 bits per heavy atom. The van der Waals surface area contributed by atoms with Crippen LogP contribution in [0.4, 0.5) is 13.2 Å². The molecule has 1 saturated heterocycles. The van der Waals surface area contributed by atoms with Crippen molar-refractivity contribution >= 4 is 5.91 Å². The molecule has 1 aliphatic rings. The molecule has 140 valence electrons. The van der Waals surface area contributed by atoms with Gasteiger partial charge in [-0.1, -0.05) is 18.2 Å². The number of hydrogen-bond acceptors (Lipinski definition) is 3. The van der Waals surface area contributed by atoms with Gasteiger partial charge in [-0.15, -0.1) is 0 Å². The first-order chi connectivity index (χ1) is 12.4. The number of aromatic nitrogens is 1. The van der Waals surface area contributed by atoms with Crippen LogP contribution in [-0.4, -0.2) is 28.9 Å². The molecule has 3 rings (SSSR count). The van der Waals surface area contributed by atoms with Crippen molar-refractivity contribution in [3.05, 3.63) is 53.2 Å². The summed E-state index contributed by atoms with van der Waals surface area (Å²) >= 11 is 0. The van der Waals surface area contributed by atoms with Gasteiger partial charge in [0.15, 0.2) is 6.39 Å². The Bertz CT molecular complexity index is 770. The first-order valence-corrected chi connectivity index (χ1v) is 8.70. The van der Waals surface area contributed by atoms with Gasteiger partial charge in [0.05, 0.1) is 11.3 Å². The van der Waals surface area contributed by atoms with E-state index in [9.17, 15) is 18.0 Å². The van der Waals surface area contributed by atoms with E-state index in [4.69, 9.17) is 4.42 Å². The van der Waals surface area contributed by atoms with E-state index < -0.39 is 11.7 Å². The summed E-state index contributed by atoms with van der Waals surface area (Å²) in [6, 6.07) is 5.70. The number of rotatable bonds is 4. The lowest BCUT2D eigenvalue weighted by Crippen LogP contribution is -2.40. The number of nitrogens with zero attached hydrogens (tertiary/aromatic N) is 2. The fraction of sp³-hybridized carbons (Fsp3) is 0.474. The number of carbonyl (C=O) groups excluding carboxylic acids is 1. The Morgan fingerprint density at radius 2 is 2.12 bits per heavy atom. The van der Waals surface area contributed by atoms with Crippen molar-refractivity contribution in [2.24, 2.45) is 5.92 Å². The van der Waals surface area contributed by atoms with E-state index in [-0.39, 0.29) is 17.6 Å². The molecule has 0 N–H and O–H groups in total. The van der Waals surface area contributed by atoms with E-state index in [0.29, 0.717) is 37.2 Å². The van der Waals surface area contributed by atoms with Gasteiger partial charge in [-0.25, -0.2) is 4.98 Å². The van der Waals surface area contributed by atoms with Gasteiger partial charge in [0.1, 0.15) is 0 Å². The molecule has 2 aromatic rings. The zero-order valence-electron chi connectivity index (χ0n) is 14.6. The molecule has 0 radical (unpaired) electrons. The van der Waals surface area contributed by atoms with E-state index in [1.165, 1.54) is 18.5 Å². The zero-order valence-corrected chi connectivity index (χ0v) is 14.6. The average molecular weight is 366 g/mol. The molecule has 0 aliphatic carbocycles. The summed E-state index contributed by atoms with van der Waals surface area (Å²) in [7, 11) is 0. The van der Waals surface area contributed by atoms with Crippen molar-refractivity contribution < 1.29 is 22.4 Å². The molecular weight excluding hydrogens is 345 g/mol. The third-order valence-electron chi connectivity index (χ3n) is 4.89. The first kappa shape index (κ1) is 18.5. The molecule has 1 fully saturated rings. The number of oxazole rings is 1. The summed E-state index contributed by atoms with van der Waals surface area (Å²) in [6.07, 6.45) is -0.374. The van der Waals surface area contributed by atoms with E-state index in [1.54, 1.807) is 17.9 Å². The van der Waals surface area contributed by atoms with Gasteiger partial charge in [0.2, 0.25) is 5.76 Å². The van der Waals surface area contributed by atoms with Crippen LogP contribution in [0, 0.1) is 12.8 Å². The van der Waals surface area contributed by atoms with Gasteiger partial charge in [-0.2, -0.15) is 13.2 Å². The highest BCUT2D eigenvalue weighted by Gasteiger charge is 2.33. The summed E-state index contributed by atoms with van der Waals surface area (Å²) in [4.78, 5) is 18.2. The number of hydrogen-bond donors (Lipinski definition) is 0. The molecule has 1 amide bonds. The average Bonchev–Trinajstić information content (AvgIpc) is 3.05. The molecule has 2 heterocycles. The Hall–Kier alpha value is -2.31. The quantitative estimate of drug-likeness (QED) is 0.801. The molecule has 1 aromatic carbocycles. The van der Waals surface area contributed by atoms with Gasteiger partial charge in [0, 0.05) is 13.1 Å². The highest BCUT2D eigenvalue weighted by Crippen LogP contribution is 2.33. The minimum Gasteiger partial charge on any atom is -0.438 e. The Balaban J connectivity index is 1.63. The predicted molar refractivity (Wildman–Crippen MR) is 89.6 cm³/mol. The zero-order chi connectivity index (χ0) is 18.7. The lowest BCUT2D eigenvalue weighted by atomic mass is 9.90. The van der Waals surface area contributed by atoms with Gasteiger partial charge in [-0.05, 0) is 50.2 Å². The van der Waals surface area contributed by atoms with E-state index >= 15 is 0 Å². The van der Waals surface area contributed by atoms with Crippen molar-refractivity contribution in [1.29, 1.82) is 0 Å². The maximum Gasteiger partial charge on any atom is 0.416 e. The van der Waals surface area contributed by atoms with Crippen LogP contribution in [0.5, 0.6) is 0 Å². The lowest BCUT2D eigenvalue weighted by Gasteiger charge is -2.32. The normalized spacial score (nSPS) is 18.2. The van der Waals surface area contributed by atoms with Crippen LogP contribution in [0.1, 0.15) is 46.6 Å². The second-order valence-electron chi connectivity index (χ2n) is 6.72. The molecule has 0 unspecified atom stereocenters. The van der Waals surface area contributed by atoms with Crippen LogP contribution < -0.4 is 0 Å².